The van der Waals surface area contributed by atoms with Gasteiger partial charge in [-0.1, -0.05) is 27.2 Å². The summed E-state index contributed by atoms with van der Waals surface area (Å²) < 4.78 is 31.0. The molecule has 1 fully saturated rings. The molecule has 1 heterocycles. The molecule has 148 valence electrons. The van der Waals surface area contributed by atoms with Crippen LogP contribution in [0, 0.1) is 23.6 Å². The van der Waals surface area contributed by atoms with Crippen molar-refractivity contribution in [3.63, 3.8) is 0 Å². The van der Waals surface area contributed by atoms with E-state index in [2.05, 4.69) is 13.8 Å². The Labute approximate surface area is 159 Å². The average Bonchev–Trinajstić information content (AvgIpc) is 3.06. The summed E-state index contributed by atoms with van der Waals surface area (Å²) in [7, 11) is 1.38. The van der Waals surface area contributed by atoms with Crippen LogP contribution in [0.2, 0.25) is 0 Å². The van der Waals surface area contributed by atoms with E-state index in [4.69, 9.17) is 14.2 Å². The summed E-state index contributed by atoms with van der Waals surface area (Å²) in [5, 5.41) is 10.0. The quantitative estimate of drug-likeness (QED) is 0.811. The Morgan fingerprint density at radius 1 is 1.41 bits per heavy atom. The summed E-state index contributed by atoms with van der Waals surface area (Å²) in [5.41, 5.74) is -0.369. The topological polar surface area (TPSA) is 65.0 Å². The molecule has 0 unspecified atom stereocenters. The van der Waals surface area contributed by atoms with E-state index in [1.54, 1.807) is 6.08 Å². The number of halogens is 1. The zero-order chi connectivity index (χ0) is 19.8. The first kappa shape index (κ1) is 19.7. The number of carbonyl (C=O) groups is 1. The minimum atomic E-state index is -0.746. The van der Waals surface area contributed by atoms with Gasteiger partial charge in [0.1, 0.15) is 17.2 Å². The fourth-order valence-electron chi connectivity index (χ4n) is 4.13. The highest BCUT2D eigenvalue weighted by Gasteiger charge is 2.52. The van der Waals surface area contributed by atoms with Crippen LogP contribution < -0.4 is 4.74 Å². The molecule has 6 heteroatoms. The van der Waals surface area contributed by atoms with Crippen LogP contribution >= 0.6 is 0 Å². The summed E-state index contributed by atoms with van der Waals surface area (Å²) in [6.45, 7) is 6.19. The molecule has 0 aromatic heterocycles. The molecule has 3 rings (SSSR count). The van der Waals surface area contributed by atoms with Crippen molar-refractivity contribution in [3.8, 4) is 11.5 Å². The lowest BCUT2D eigenvalue weighted by Gasteiger charge is -2.40. The summed E-state index contributed by atoms with van der Waals surface area (Å²) in [5.74, 6) is 0.106. The number of rotatable bonds is 6. The van der Waals surface area contributed by atoms with Gasteiger partial charge in [-0.15, -0.1) is 0 Å². The minimum Gasteiger partial charge on any atom is -0.504 e. The Balaban J connectivity index is 1.90. The van der Waals surface area contributed by atoms with Crippen molar-refractivity contribution in [2.24, 2.45) is 17.8 Å². The van der Waals surface area contributed by atoms with Crippen LogP contribution in [0.4, 0.5) is 4.39 Å². The summed E-state index contributed by atoms with van der Waals surface area (Å²) in [6, 6.07) is 2.57. The normalized spacial score (nSPS) is 26.8. The first-order chi connectivity index (χ1) is 12.8. The highest BCUT2D eigenvalue weighted by molar-refractivity contribution is 5.94. The molecule has 5 nitrogen and oxygen atoms in total. The number of phenols is 1. The smallest absolute Gasteiger partial charge is 0.189 e. The number of allylic oxidation sites excluding steroid dienone is 1. The molecule has 2 aliphatic rings. The predicted octanol–water partition coefficient (Wildman–Crippen LogP) is 3.98. The number of hydrogen-bond donors (Lipinski definition) is 1. The fraction of sp³-hybridized carbons (Fsp3) is 0.571. The van der Waals surface area contributed by atoms with Crippen LogP contribution in [0.15, 0.2) is 24.0 Å². The van der Waals surface area contributed by atoms with Gasteiger partial charge in [0.15, 0.2) is 24.1 Å². The molecule has 27 heavy (non-hydrogen) atoms. The largest absolute Gasteiger partial charge is 0.504 e. The molecular formula is C21H27FO5. The van der Waals surface area contributed by atoms with Crippen LogP contribution in [-0.4, -0.2) is 30.4 Å². The number of benzene rings is 1. The van der Waals surface area contributed by atoms with Crippen molar-refractivity contribution in [2.45, 2.75) is 45.6 Å². The van der Waals surface area contributed by atoms with Gasteiger partial charge in [-0.3, -0.25) is 4.79 Å². The Kier molecular flexibility index (Phi) is 5.47. The molecular weight excluding hydrogens is 351 g/mol. The Bertz CT molecular complexity index is 759. The lowest BCUT2D eigenvalue weighted by molar-refractivity contribution is -0.125. The number of carbonyl (C=O) groups excluding carboxylic acids is 1. The Morgan fingerprint density at radius 2 is 2.15 bits per heavy atom. The van der Waals surface area contributed by atoms with Crippen molar-refractivity contribution in [1.82, 2.24) is 0 Å². The van der Waals surface area contributed by atoms with Crippen molar-refractivity contribution < 1.29 is 28.5 Å². The number of ketones is 1. The maximum Gasteiger partial charge on any atom is 0.189 e. The number of hydrogen-bond acceptors (Lipinski definition) is 5. The third kappa shape index (κ3) is 3.43. The van der Waals surface area contributed by atoms with E-state index in [0.717, 1.165) is 6.42 Å². The van der Waals surface area contributed by atoms with Crippen LogP contribution in [0.1, 0.15) is 39.2 Å². The van der Waals surface area contributed by atoms with Crippen LogP contribution in [0.25, 0.3) is 0 Å². The van der Waals surface area contributed by atoms with Gasteiger partial charge in [-0.2, -0.15) is 0 Å². The predicted molar refractivity (Wildman–Crippen MR) is 97.9 cm³/mol. The number of phenolic OH excluding ortho intramolecular Hbond substituents is 1. The lowest BCUT2D eigenvalue weighted by atomic mass is 9.69. The number of methoxy groups -OCH3 is 1. The molecule has 0 saturated carbocycles. The van der Waals surface area contributed by atoms with E-state index in [1.807, 2.05) is 6.92 Å². The molecule has 0 radical (unpaired) electrons. The van der Waals surface area contributed by atoms with Gasteiger partial charge >= 0.3 is 0 Å². The van der Waals surface area contributed by atoms with Crippen molar-refractivity contribution >= 4 is 5.78 Å². The SMILES string of the molecule is CC[C@H](C)[C@H]1C[C@]2([C@@H](C)Cc3cc(O)c(OC)cc3F)OCOC2=CC1=O. The summed E-state index contributed by atoms with van der Waals surface area (Å²) >= 11 is 0. The Morgan fingerprint density at radius 3 is 2.81 bits per heavy atom. The monoisotopic (exact) mass is 378 g/mol. The second kappa shape index (κ2) is 7.50. The van der Waals surface area contributed by atoms with Crippen LogP contribution in [0.3, 0.4) is 0 Å². The van der Waals surface area contributed by atoms with Crippen LogP contribution in [0.5, 0.6) is 11.5 Å². The molecule has 4 atom stereocenters. The molecule has 1 aromatic rings. The Hall–Kier alpha value is -2.08. The molecule has 0 spiro atoms. The first-order valence-corrected chi connectivity index (χ1v) is 9.40. The second-order valence-corrected chi connectivity index (χ2v) is 7.62. The van der Waals surface area contributed by atoms with Crippen molar-refractivity contribution in [1.29, 1.82) is 0 Å². The van der Waals surface area contributed by atoms with Gasteiger partial charge < -0.3 is 19.3 Å². The van der Waals surface area contributed by atoms with E-state index in [-0.39, 0.29) is 41.8 Å². The zero-order valence-electron chi connectivity index (χ0n) is 16.3. The maximum atomic E-state index is 14.5. The van der Waals surface area contributed by atoms with Crippen molar-refractivity contribution in [3.05, 3.63) is 35.3 Å². The van der Waals surface area contributed by atoms with E-state index in [1.165, 1.54) is 19.2 Å². The van der Waals surface area contributed by atoms with Gasteiger partial charge in [0, 0.05) is 18.1 Å². The van der Waals surface area contributed by atoms with Gasteiger partial charge in [0.2, 0.25) is 0 Å². The van der Waals surface area contributed by atoms with Gasteiger partial charge in [0.25, 0.3) is 0 Å². The van der Waals surface area contributed by atoms with E-state index < -0.39 is 11.4 Å². The summed E-state index contributed by atoms with van der Waals surface area (Å²) in [6.07, 6.45) is 3.32. The molecule has 1 saturated heterocycles. The van der Waals surface area contributed by atoms with Gasteiger partial charge in [0.05, 0.1) is 7.11 Å². The zero-order valence-corrected chi connectivity index (χ0v) is 16.3. The maximum absolute atomic E-state index is 14.5. The molecule has 1 aromatic carbocycles. The highest BCUT2D eigenvalue weighted by atomic mass is 19.1. The standard InChI is InChI=1S/C21H27FO5/c1-5-12(2)15-10-21(20(9-17(15)23)26-11-27-21)13(3)6-14-7-18(24)19(25-4)8-16(14)22/h7-9,12-13,15,24H,5-6,10-11H2,1-4H3/t12-,13-,15+,21+/m0/s1. The van der Waals surface area contributed by atoms with Crippen molar-refractivity contribution in [2.75, 3.05) is 13.9 Å². The molecule has 0 bridgehead atoms. The van der Waals surface area contributed by atoms with E-state index in [9.17, 15) is 14.3 Å². The molecule has 1 N–H and O–H groups in total. The minimum absolute atomic E-state index is 0.0703. The number of aromatic hydroxyl groups is 1. The van der Waals surface area contributed by atoms with E-state index >= 15 is 0 Å². The average molecular weight is 378 g/mol. The second-order valence-electron chi connectivity index (χ2n) is 7.62. The fourth-order valence-corrected chi connectivity index (χ4v) is 4.13. The number of fused-ring (bicyclic) bond motifs is 1. The van der Waals surface area contributed by atoms with Gasteiger partial charge in [-0.05, 0) is 36.3 Å². The third-order valence-electron chi connectivity index (χ3n) is 6.11. The van der Waals surface area contributed by atoms with Crippen LogP contribution in [-0.2, 0) is 20.7 Å². The third-order valence-corrected chi connectivity index (χ3v) is 6.11. The number of ether oxygens (including phenoxy) is 3. The molecule has 1 aliphatic carbocycles. The molecule has 0 amide bonds. The van der Waals surface area contributed by atoms with Gasteiger partial charge in [-0.25, -0.2) is 4.39 Å². The summed E-state index contributed by atoms with van der Waals surface area (Å²) in [4.78, 5) is 12.5. The lowest BCUT2D eigenvalue weighted by Crippen LogP contribution is -2.46. The highest BCUT2D eigenvalue weighted by Crippen LogP contribution is 2.47. The molecule has 1 aliphatic heterocycles. The first-order valence-electron chi connectivity index (χ1n) is 9.40. The van der Waals surface area contributed by atoms with E-state index in [0.29, 0.717) is 24.2 Å².